The first-order valence-electron chi connectivity index (χ1n) is 8.16. The Balaban J connectivity index is 1.71. The summed E-state index contributed by atoms with van der Waals surface area (Å²) in [5.41, 5.74) is 2.53. The quantitative estimate of drug-likeness (QED) is 0.838. The van der Waals surface area contributed by atoms with E-state index >= 15 is 0 Å². The number of carbonyl (C=O) groups is 1. The molecule has 1 saturated heterocycles. The lowest BCUT2D eigenvalue weighted by Crippen LogP contribution is -2.50. The largest absolute Gasteiger partial charge is 0.336 e. The average molecular weight is 359 g/mol. The zero-order valence-corrected chi connectivity index (χ0v) is 15.2. The molecule has 1 amide bonds. The van der Waals surface area contributed by atoms with Gasteiger partial charge in [0, 0.05) is 38.6 Å². The Hall–Kier alpha value is -2.25. The van der Waals surface area contributed by atoms with E-state index < -0.39 is 10.0 Å². The molecule has 0 atom stereocenters. The van der Waals surface area contributed by atoms with E-state index in [9.17, 15) is 13.2 Å². The van der Waals surface area contributed by atoms with Gasteiger partial charge in [0.25, 0.3) is 5.91 Å². The molecule has 7 heteroatoms. The molecular weight excluding hydrogens is 338 g/mol. The molecule has 0 bridgehead atoms. The van der Waals surface area contributed by atoms with Crippen molar-refractivity contribution in [2.45, 2.75) is 18.7 Å². The van der Waals surface area contributed by atoms with Gasteiger partial charge < -0.3 is 4.90 Å². The summed E-state index contributed by atoms with van der Waals surface area (Å²) in [5.74, 6) is -0.115. The maximum atomic E-state index is 12.8. The zero-order valence-electron chi connectivity index (χ0n) is 14.3. The van der Waals surface area contributed by atoms with Gasteiger partial charge >= 0.3 is 0 Å². The van der Waals surface area contributed by atoms with Crippen LogP contribution in [0.1, 0.15) is 21.5 Å². The number of hydrogen-bond acceptors (Lipinski definition) is 4. The standard InChI is InChI=1S/C18H21N3O3S/c1-14-5-6-17(12-15(14)2)25(23,24)21-10-8-20(9-11-21)18(22)16-4-3-7-19-13-16/h3-7,12-13H,8-11H2,1-2H3. The second-order valence-corrected chi connectivity index (χ2v) is 8.12. The van der Waals surface area contributed by atoms with Crippen molar-refractivity contribution in [3.8, 4) is 0 Å². The molecule has 132 valence electrons. The number of rotatable bonds is 3. The number of carbonyl (C=O) groups excluding carboxylic acids is 1. The fourth-order valence-corrected chi connectivity index (χ4v) is 4.33. The molecule has 25 heavy (non-hydrogen) atoms. The molecular formula is C18H21N3O3S. The highest BCUT2D eigenvalue weighted by Crippen LogP contribution is 2.21. The van der Waals surface area contributed by atoms with Crippen molar-refractivity contribution < 1.29 is 13.2 Å². The highest BCUT2D eigenvalue weighted by molar-refractivity contribution is 7.89. The van der Waals surface area contributed by atoms with Crippen molar-refractivity contribution in [2.24, 2.45) is 0 Å². The highest BCUT2D eigenvalue weighted by atomic mass is 32.2. The van der Waals surface area contributed by atoms with Crippen LogP contribution in [0.25, 0.3) is 0 Å². The molecule has 1 aromatic carbocycles. The highest BCUT2D eigenvalue weighted by Gasteiger charge is 2.30. The van der Waals surface area contributed by atoms with E-state index in [1.54, 1.807) is 35.4 Å². The Labute approximate surface area is 148 Å². The Bertz CT molecular complexity index is 874. The second-order valence-electron chi connectivity index (χ2n) is 6.18. The van der Waals surface area contributed by atoms with Crippen molar-refractivity contribution >= 4 is 15.9 Å². The van der Waals surface area contributed by atoms with Crippen molar-refractivity contribution in [2.75, 3.05) is 26.2 Å². The molecule has 0 aliphatic carbocycles. The van der Waals surface area contributed by atoms with Crippen molar-refractivity contribution in [3.05, 3.63) is 59.4 Å². The number of sulfonamides is 1. The van der Waals surface area contributed by atoms with Gasteiger partial charge in [-0.3, -0.25) is 9.78 Å². The van der Waals surface area contributed by atoms with Gasteiger partial charge in [-0.2, -0.15) is 4.31 Å². The minimum Gasteiger partial charge on any atom is -0.336 e. The van der Waals surface area contributed by atoms with E-state index in [0.29, 0.717) is 36.6 Å². The summed E-state index contributed by atoms with van der Waals surface area (Å²) in [5, 5.41) is 0. The van der Waals surface area contributed by atoms with Crippen LogP contribution in [0.2, 0.25) is 0 Å². The lowest BCUT2D eigenvalue weighted by molar-refractivity contribution is 0.0697. The molecule has 0 saturated carbocycles. The first kappa shape index (κ1) is 17.6. The number of hydrogen-bond donors (Lipinski definition) is 0. The summed E-state index contributed by atoms with van der Waals surface area (Å²) < 4.78 is 27.1. The molecule has 0 N–H and O–H groups in total. The number of aromatic nitrogens is 1. The molecule has 0 radical (unpaired) electrons. The third-order valence-corrected chi connectivity index (χ3v) is 6.45. The number of pyridine rings is 1. The smallest absolute Gasteiger partial charge is 0.255 e. The number of nitrogens with zero attached hydrogens (tertiary/aromatic N) is 3. The topological polar surface area (TPSA) is 70.6 Å². The lowest BCUT2D eigenvalue weighted by Gasteiger charge is -2.34. The maximum absolute atomic E-state index is 12.8. The van der Waals surface area contributed by atoms with E-state index in [1.807, 2.05) is 19.9 Å². The molecule has 1 fully saturated rings. The molecule has 3 rings (SSSR count). The van der Waals surface area contributed by atoms with Crippen LogP contribution < -0.4 is 0 Å². The summed E-state index contributed by atoms with van der Waals surface area (Å²) >= 11 is 0. The first-order chi connectivity index (χ1) is 11.9. The Morgan fingerprint density at radius 1 is 1.04 bits per heavy atom. The molecule has 0 spiro atoms. The van der Waals surface area contributed by atoms with E-state index in [4.69, 9.17) is 0 Å². The number of amides is 1. The van der Waals surface area contributed by atoms with Gasteiger partial charge in [-0.15, -0.1) is 0 Å². The van der Waals surface area contributed by atoms with E-state index in [1.165, 1.54) is 10.5 Å². The summed E-state index contributed by atoms with van der Waals surface area (Å²) in [7, 11) is -3.53. The predicted molar refractivity (Wildman–Crippen MR) is 94.8 cm³/mol. The monoisotopic (exact) mass is 359 g/mol. The van der Waals surface area contributed by atoms with Gasteiger partial charge in [-0.1, -0.05) is 6.07 Å². The van der Waals surface area contributed by atoms with Gasteiger partial charge in [0.05, 0.1) is 10.5 Å². The van der Waals surface area contributed by atoms with Crippen LogP contribution in [0, 0.1) is 13.8 Å². The van der Waals surface area contributed by atoms with Crippen LogP contribution in [0.15, 0.2) is 47.6 Å². The zero-order chi connectivity index (χ0) is 18.0. The Kier molecular flexibility index (Phi) is 4.87. The summed E-state index contributed by atoms with van der Waals surface area (Å²) in [6, 6.07) is 8.61. The van der Waals surface area contributed by atoms with Gasteiger partial charge in [-0.05, 0) is 49.2 Å². The number of benzene rings is 1. The van der Waals surface area contributed by atoms with Crippen LogP contribution in [0.3, 0.4) is 0 Å². The third-order valence-electron chi connectivity index (χ3n) is 4.55. The van der Waals surface area contributed by atoms with Crippen LogP contribution in [-0.4, -0.2) is 54.7 Å². The SMILES string of the molecule is Cc1ccc(S(=O)(=O)N2CCN(C(=O)c3cccnc3)CC2)cc1C. The van der Waals surface area contributed by atoms with Gasteiger partial charge in [0.2, 0.25) is 10.0 Å². The van der Waals surface area contributed by atoms with Gasteiger partial charge in [0.15, 0.2) is 0 Å². The van der Waals surface area contributed by atoms with Crippen molar-refractivity contribution in [1.29, 1.82) is 0 Å². The summed E-state index contributed by atoms with van der Waals surface area (Å²) in [4.78, 5) is 18.4. The lowest BCUT2D eigenvalue weighted by atomic mass is 10.1. The fourth-order valence-electron chi connectivity index (χ4n) is 2.83. The maximum Gasteiger partial charge on any atom is 0.255 e. The third kappa shape index (κ3) is 3.57. The van der Waals surface area contributed by atoms with E-state index in [-0.39, 0.29) is 5.91 Å². The second kappa shape index (κ2) is 6.93. The van der Waals surface area contributed by atoms with Crippen molar-refractivity contribution in [1.82, 2.24) is 14.2 Å². The Morgan fingerprint density at radius 3 is 2.36 bits per heavy atom. The van der Waals surface area contributed by atoms with Crippen LogP contribution >= 0.6 is 0 Å². The van der Waals surface area contributed by atoms with Gasteiger partial charge in [-0.25, -0.2) is 8.42 Å². The number of aryl methyl sites for hydroxylation is 2. The molecule has 2 aromatic rings. The predicted octanol–water partition coefficient (Wildman–Crippen LogP) is 1.85. The first-order valence-corrected chi connectivity index (χ1v) is 9.60. The normalized spacial score (nSPS) is 16.0. The number of piperazine rings is 1. The minimum atomic E-state index is -3.53. The van der Waals surface area contributed by atoms with E-state index in [2.05, 4.69) is 4.98 Å². The van der Waals surface area contributed by atoms with Crippen LogP contribution in [0.4, 0.5) is 0 Å². The fraction of sp³-hybridized carbons (Fsp3) is 0.333. The molecule has 0 unspecified atom stereocenters. The Morgan fingerprint density at radius 2 is 1.76 bits per heavy atom. The van der Waals surface area contributed by atoms with Crippen LogP contribution in [-0.2, 0) is 10.0 Å². The van der Waals surface area contributed by atoms with Crippen molar-refractivity contribution in [3.63, 3.8) is 0 Å². The molecule has 6 nitrogen and oxygen atoms in total. The summed E-state index contributed by atoms with van der Waals surface area (Å²) in [6.45, 7) is 5.19. The molecule has 1 aliphatic rings. The van der Waals surface area contributed by atoms with Gasteiger partial charge in [0.1, 0.15) is 0 Å². The molecule has 1 aliphatic heterocycles. The minimum absolute atomic E-state index is 0.115. The van der Waals surface area contributed by atoms with E-state index in [0.717, 1.165) is 11.1 Å². The molecule has 2 heterocycles. The average Bonchev–Trinajstić information content (AvgIpc) is 2.64. The summed E-state index contributed by atoms with van der Waals surface area (Å²) in [6.07, 6.45) is 3.14. The van der Waals surface area contributed by atoms with Crippen LogP contribution in [0.5, 0.6) is 0 Å². The molecule has 1 aromatic heterocycles.